The summed E-state index contributed by atoms with van der Waals surface area (Å²) in [5, 5.41) is 4.63. The summed E-state index contributed by atoms with van der Waals surface area (Å²) < 4.78 is 10.7. The molecule has 5 rings (SSSR count). The van der Waals surface area contributed by atoms with Crippen molar-refractivity contribution in [3.8, 4) is 22.6 Å². The zero-order valence-corrected chi connectivity index (χ0v) is 25.2. The number of nitrogens with zero attached hydrogens (tertiary/aromatic N) is 3. The first-order valence-corrected chi connectivity index (χ1v) is 14.8. The largest absolute Gasteiger partial charge is 0.493 e. The minimum atomic E-state index is 0. The maximum atomic E-state index is 12.7. The molecular formula is C30H36Cl2N4O3S. The van der Waals surface area contributed by atoms with E-state index in [4.69, 9.17) is 21.1 Å². The van der Waals surface area contributed by atoms with Crippen molar-refractivity contribution in [2.75, 3.05) is 33.1 Å². The van der Waals surface area contributed by atoms with Crippen LogP contribution < -0.4 is 14.8 Å². The number of nitrogens with one attached hydrogen (secondary N) is 1. The van der Waals surface area contributed by atoms with E-state index in [1.165, 1.54) is 30.2 Å². The molecule has 1 saturated heterocycles. The molecule has 2 unspecified atom stereocenters. The van der Waals surface area contributed by atoms with Gasteiger partial charge >= 0.3 is 0 Å². The van der Waals surface area contributed by atoms with Crippen LogP contribution in [-0.2, 0) is 11.2 Å². The topological polar surface area (TPSA) is 76.6 Å². The Bertz CT molecular complexity index is 1250. The van der Waals surface area contributed by atoms with E-state index in [0.717, 1.165) is 48.5 Å². The van der Waals surface area contributed by atoms with Crippen LogP contribution in [0.3, 0.4) is 0 Å². The Kier molecular flexibility index (Phi) is 11.0. The number of amides is 1. The number of carbonyl (C=O) groups excluding carboxylic acids is 1. The molecular weight excluding hydrogens is 567 g/mol. The molecule has 2 atom stereocenters. The van der Waals surface area contributed by atoms with Gasteiger partial charge in [-0.1, -0.05) is 41.6 Å². The molecule has 0 spiro atoms. The molecule has 2 aliphatic rings. The molecule has 2 aromatic carbocycles. The maximum absolute atomic E-state index is 12.7. The molecule has 1 N–H and O–H groups in total. The predicted octanol–water partition coefficient (Wildman–Crippen LogP) is 5.93. The minimum Gasteiger partial charge on any atom is -0.493 e. The second kappa shape index (κ2) is 14.4. The van der Waals surface area contributed by atoms with E-state index in [9.17, 15) is 4.79 Å². The number of piperidine rings is 1. The van der Waals surface area contributed by atoms with Crippen molar-refractivity contribution >= 4 is 41.7 Å². The first-order chi connectivity index (χ1) is 19.0. The van der Waals surface area contributed by atoms with Crippen LogP contribution >= 0.6 is 35.8 Å². The summed E-state index contributed by atoms with van der Waals surface area (Å²) in [4.78, 5) is 24.2. The van der Waals surface area contributed by atoms with E-state index in [1.807, 2.05) is 30.3 Å². The molecule has 0 radical (unpaired) electrons. The lowest BCUT2D eigenvalue weighted by atomic mass is 9.82. The Balaban J connectivity index is 0.00000370. The molecule has 0 bridgehead atoms. The SMILES string of the molecule is COc1ccc(-c2cnc(SCC(=O)NC3CCC3N3CCC(Cc4ccc(Cl)cc4)CC3)nc2)cc1OC.Cl. The number of likely N-dealkylation sites (tertiary alicyclic amines) is 1. The van der Waals surface area contributed by atoms with Crippen molar-refractivity contribution in [3.05, 3.63) is 65.4 Å². The van der Waals surface area contributed by atoms with Crippen molar-refractivity contribution < 1.29 is 14.3 Å². The summed E-state index contributed by atoms with van der Waals surface area (Å²) in [7, 11) is 3.22. The molecule has 10 heteroatoms. The van der Waals surface area contributed by atoms with E-state index in [1.54, 1.807) is 26.6 Å². The normalized spacial score (nSPS) is 19.3. The van der Waals surface area contributed by atoms with Crippen LogP contribution in [0.1, 0.15) is 31.2 Å². The lowest BCUT2D eigenvalue weighted by Crippen LogP contribution is -2.59. The summed E-state index contributed by atoms with van der Waals surface area (Å²) in [6.07, 6.45) is 9.26. The number of thioether (sulfide) groups is 1. The lowest BCUT2D eigenvalue weighted by Gasteiger charge is -2.47. The van der Waals surface area contributed by atoms with Gasteiger partial charge in [0, 0.05) is 35.1 Å². The van der Waals surface area contributed by atoms with Gasteiger partial charge in [0.25, 0.3) is 0 Å². The maximum Gasteiger partial charge on any atom is 0.230 e. The second-order valence-corrected chi connectivity index (χ2v) is 11.6. The minimum absolute atomic E-state index is 0. The van der Waals surface area contributed by atoms with Gasteiger partial charge in [0.2, 0.25) is 5.91 Å². The number of benzene rings is 2. The summed E-state index contributed by atoms with van der Waals surface area (Å²) in [5.41, 5.74) is 3.18. The van der Waals surface area contributed by atoms with Gasteiger partial charge in [-0.15, -0.1) is 12.4 Å². The fourth-order valence-corrected chi connectivity index (χ4v) is 6.19. The quantitative estimate of drug-likeness (QED) is 0.228. The van der Waals surface area contributed by atoms with Crippen LogP contribution in [0.15, 0.2) is 60.0 Å². The van der Waals surface area contributed by atoms with Crippen LogP contribution in [0.5, 0.6) is 11.5 Å². The van der Waals surface area contributed by atoms with Crippen molar-refractivity contribution in [3.63, 3.8) is 0 Å². The summed E-state index contributed by atoms with van der Waals surface area (Å²) in [6, 6.07) is 14.6. The molecule has 2 heterocycles. The van der Waals surface area contributed by atoms with Crippen LogP contribution in [0.25, 0.3) is 11.1 Å². The Hall–Kier alpha value is -2.52. The Labute approximate surface area is 251 Å². The Morgan fingerprint density at radius 1 is 0.975 bits per heavy atom. The van der Waals surface area contributed by atoms with Crippen molar-refractivity contribution in [1.82, 2.24) is 20.2 Å². The van der Waals surface area contributed by atoms with Crippen molar-refractivity contribution in [1.29, 1.82) is 0 Å². The molecule has 2 fully saturated rings. The van der Waals surface area contributed by atoms with Crippen LogP contribution in [-0.4, -0.2) is 65.9 Å². The number of carbonyl (C=O) groups is 1. The fourth-order valence-electron chi connectivity index (χ4n) is 5.46. The zero-order chi connectivity index (χ0) is 27.2. The third-order valence-electron chi connectivity index (χ3n) is 7.82. The molecule has 1 aromatic heterocycles. The summed E-state index contributed by atoms with van der Waals surface area (Å²) in [6.45, 7) is 2.20. The smallest absolute Gasteiger partial charge is 0.230 e. The van der Waals surface area contributed by atoms with E-state index in [2.05, 4.69) is 32.3 Å². The highest BCUT2D eigenvalue weighted by molar-refractivity contribution is 7.99. The summed E-state index contributed by atoms with van der Waals surface area (Å²) >= 11 is 7.38. The predicted molar refractivity (Wildman–Crippen MR) is 163 cm³/mol. The first-order valence-electron chi connectivity index (χ1n) is 13.5. The third-order valence-corrected chi connectivity index (χ3v) is 8.94. The van der Waals surface area contributed by atoms with Gasteiger partial charge in [-0.05, 0) is 86.5 Å². The number of methoxy groups -OCH3 is 2. The number of aromatic nitrogens is 2. The molecule has 40 heavy (non-hydrogen) atoms. The monoisotopic (exact) mass is 602 g/mol. The van der Waals surface area contributed by atoms with Gasteiger partial charge in [0.05, 0.1) is 20.0 Å². The number of ether oxygens (including phenoxy) is 2. The Morgan fingerprint density at radius 2 is 1.68 bits per heavy atom. The average molecular weight is 604 g/mol. The van der Waals surface area contributed by atoms with E-state index in [-0.39, 0.29) is 24.4 Å². The number of hydrogen-bond acceptors (Lipinski definition) is 7. The highest BCUT2D eigenvalue weighted by Crippen LogP contribution is 2.33. The molecule has 7 nitrogen and oxygen atoms in total. The zero-order valence-electron chi connectivity index (χ0n) is 22.8. The second-order valence-electron chi connectivity index (χ2n) is 10.2. The molecule has 3 aromatic rings. The van der Waals surface area contributed by atoms with Gasteiger partial charge in [0.1, 0.15) is 0 Å². The van der Waals surface area contributed by atoms with Gasteiger partial charge in [0.15, 0.2) is 16.7 Å². The highest BCUT2D eigenvalue weighted by atomic mass is 35.5. The van der Waals surface area contributed by atoms with Crippen molar-refractivity contribution in [2.45, 2.75) is 49.3 Å². The van der Waals surface area contributed by atoms with Gasteiger partial charge in [-0.2, -0.15) is 0 Å². The van der Waals surface area contributed by atoms with E-state index < -0.39 is 0 Å². The van der Waals surface area contributed by atoms with E-state index in [0.29, 0.717) is 34.4 Å². The van der Waals surface area contributed by atoms with Crippen LogP contribution in [0.4, 0.5) is 0 Å². The molecule has 1 saturated carbocycles. The van der Waals surface area contributed by atoms with Crippen LogP contribution in [0.2, 0.25) is 5.02 Å². The van der Waals surface area contributed by atoms with E-state index >= 15 is 0 Å². The number of halogens is 2. The Morgan fingerprint density at radius 3 is 2.30 bits per heavy atom. The summed E-state index contributed by atoms with van der Waals surface area (Å²) in [5.74, 6) is 2.39. The molecule has 1 amide bonds. The first kappa shape index (κ1) is 30.4. The van der Waals surface area contributed by atoms with Gasteiger partial charge in [-0.25, -0.2) is 9.97 Å². The van der Waals surface area contributed by atoms with Crippen molar-refractivity contribution in [2.24, 2.45) is 5.92 Å². The van der Waals surface area contributed by atoms with Crippen LogP contribution in [0, 0.1) is 5.92 Å². The van der Waals surface area contributed by atoms with Gasteiger partial charge in [-0.3, -0.25) is 9.69 Å². The molecule has 1 aliphatic heterocycles. The average Bonchev–Trinajstić information content (AvgIpc) is 2.96. The third kappa shape index (κ3) is 7.60. The molecule has 214 valence electrons. The lowest BCUT2D eigenvalue weighted by molar-refractivity contribution is -0.120. The van der Waals surface area contributed by atoms with Gasteiger partial charge < -0.3 is 14.8 Å². The standard InChI is InChI=1S/C30H35ClN4O3S.ClH/c1-37-27-10-5-22(16-28(27)38-2)23-17-32-30(33-18-23)39-19-29(36)34-25-8-9-26(25)35-13-11-21(12-14-35)15-20-3-6-24(31)7-4-20;/h3-7,10,16-18,21,25-26H,8-9,11-15,19H2,1-2H3,(H,34,36);1H. The highest BCUT2D eigenvalue weighted by Gasteiger charge is 2.37. The fraction of sp³-hybridized carbons (Fsp3) is 0.433. The molecule has 1 aliphatic carbocycles. The number of rotatable bonds is 10. The number of hydrogen-bond donors (Lipinski definition) is 1.